The minimum Gasteiger partial charge on any atom is -0.351 e. The minimum absolute atomic E-state index is 0.0232. The van der Waals surface area contributed by atoms with E-state index in [1.807, 2.05) is 6.92 Å². The number of carbonyl (C=O) groups is 1. The van der Waals surface area contributed by atoms with E-state index in [4.69, 9.17) is 5.73 Å². The molecule has 2 amide bonds. The highest BCUT2D eigenvalue weighted by molar-refractivity contribution is 7.89. The molecule has 6 heteroatoms. The quantitative estimate of drug-likeness (QED) is 0.750. The number of urea groups is 1. The minimum atomic E-state index is -3.52. The molecule has 0 fully saturated rings. The molecule has 84 valence electrons. The molecule has 0 aromatic rings. The molecule has 0 bridgehead atoms. The van der Waals surface area contributed by atoms with Crippen molar-refractivity contribution < 1.29 is 13.2 Å². The first kappa shape index (κ1) is 13.2. The Morgan fingerprint density at radius 1 is 1.43 bits per heavy atom. The smallest absolute Gasteiger partial charge is 0.328 e. The highest BCUT2D eigenvalue weighted by Crippen LogP contribution is 2.09. The lowest BCUT2D eigenvalue weighted by atomic mass is 10.4. The fourth-order valence-electron chi connectivity index (χ4n) is 1.14. The van der Waals surface area contributed by atoms with E-state index in [1.54, 1.807) is 13.8 Å². The zero-order valence-electron chi connectivity index (χ0n) is 8.86. The van der Waals surface area contributed by atoms with E-state index in [0.29, 0.717) is 6.42 Å². The van der Waals surface area contributed by atoms with E-state index in [0.717, 1.165) is 10.7 Å². The second-order valence-electron chi connectivity index (χ2n) is 3.40. The Morgan fingerprint density at radius 3 is 2.21 bits per heavy atom. The van der Waals surface area contributed by atoms with Gasteiger partial charge in [-0.05, 0) is 20.3 Å². The molecule has 0 aliphatic rings. The highest BCUT2D eigenvalue weighted by Gasteiger charge is 2.27. The van der Waals surface area contributed by atoms with Gasteiger partial charge in [-0.3, -0.25) is 0 Å². The third kappa shape index (κ3) is 3.53. The number of carbonyl (C=O) groups excluding carboxylic acids is 1. The lowest BCUT2D eigenvalue weighted by Gasteiger charge is -2.23. The summed E-state index contributed by atoms with van der Waals surface area (Å²) in [5.41, 5.74) is 5.00. The second kappa shape index (κ2) is 5.19. The van der Waals surface area contributed by atoms with Crippen molar-refractivity contribution in [1.29, 1.82) is 0 Å². The number of rotatable bonds is 5. The summed E-state index contributed by atoms with van der Waals surface area (Å²) < 4.78 is 23.9. The summed E-state index contributed by atoms with van der Waals surface area (Å²) in [6.07, 6.45) is 1.31. The maximum absolute atomic E-state index is 11.6. The molecule has 0 aliphatic carbocycles. The Kier molecular flexibility index (Phi) is 4.90. The molecule has 5 nitrogen and oxygen atoms in total. The normalized spacial score (nSPS) is 11.7. The van der Waals surface area contributed by atoms with Crippen LogP contribution in [0.3, 0.4) is 0 Å². The summed E-state index contributed by atoms with van der Waals surface area (Å²) >= 11 is 0. The van der Waals surface area contributed by atoms with Crippen LogP contribution in [0.4, 0.5) is 4.79 Å². The van der Waals surface area contributed by atoms with Crippen LogP contribution in [0, 0.1) is 0 Å². The number of hydrogen-bond acceptors (Lipinski definition) is 3. The van der Waals surface area contributed by atoms with Crippen LogP contribution in [-0.4, -0.2) is 30.5 Å². The van der Waals surface area contributed by atoms with Crippen LogP contribution in [0.1, 0.15) is 33.6 Å². The number of primary amides is 1. The Balaban J connectivity index is 4.74. The van der Waals surface area contributed by atoms with Gasteiger partial charge in [-0.2, -0.15) is 0 Å². The van der Waals surface area contributed by atoms with Crippen molar-refractivity contribution in [1.82, 2.24) is 4.31 Å². The van der Waals surface area contributed by atoms with Gasteiger partial charge in [0.15, 0.2) is 0 Å². The number of nitrogens with zero attached hydrogens (tertiary/aromatic N) is 1. The predicted octanol–water partition coefficient (Wildman–Crippen LogP) is 0.905. The molecule has 0 unspecified atom stereocenters. The molecule has 14 heavy (non-hydrogen) atoms. The first-order valence-electron chi connectivity index (χ1n) is 4.64. The van der Waals surface area contributed by atoms with E-state index in [2.05, 4.69) is 0 Å². The monoisotopic (exact) mass is 222 g/mol. The molecule has 0 radical (unpaired) electrons. The number of nitrogens with two attached hydrogens (primary N) is 1. The number of sulfonamides is 1. The van der Waals surface area contributed by atoms with E-state index in [-0.39, 0.29) is 5.75 Å². The summed E-state index contributed by atoms with van der Waals surface area (Å²) in [7, 11) is -3.52. The van der Waals surface area contributed by atoms with Crippen molar-refractivity contribution in [2.45, 2.75) is 39.7 Å². The lowest BCUT2D eigenvalue weighted by molar-refractivity contribution is 0.225. The molecule has 0 spiro atoms. The van der Waals surface area contributed by atoms with Gasteiger partial charge in [-0.25, -0.2) is 17.5 Å². The Morgan fingerprint density at radius 2 is 1.93 bits per heavy atom. The van der Waals surface area contributed by atoms with Crippen molar-refractivity contribution >= 4 is 16.1 Å². The predicted molar refractivity (Wildman–Crippen MR) is 55.3 cm³/mol. The fourth-order valence-corrected chi connectivity index (χ4v) is 2.90. The lowest BCUT2D eigenvalue weighted by Crippen LogP contribution is -2.46. The van der Waals surface area contributed by atoms with Gasteiger partial charge in [0.05, 0.1) is 5.75 Å². The molecule has 0 aromatic heterocycles. The van der Waals surface area contributed by atoms with Crippen LogP contribution in [0.5, 0.6) is 0 Å². The highest BCUT2D eigenvalue weighted by atomic mass is 32.2. The van der Waals surface area contributed by atoms with Gasteiger partial charge in [0.1, 0.15) is 0 Å². The first-order chi connectivity index (χ1) is 6.33. The van der Waals surface area contributed by atoms with Crippen molar-refractivity contribution in [3.63, 3.8) is 0 Å². The van der Waals surface area contributed by atoms with Crippen LogP contribution in [-0.2, 0) is 10.0 Å². The van der Waals surface area contributed by atoms with Gasteiger partial charge in [0.25, 0.3) is 0 Å². The summed E-state index contributed by atoms with van der Waals surface area (Å²) in [5.74, 6) is -0.0232. The Labute approximate surface area is 85.3 Å². The van der Waals surface area contributed by atoms with E-state index < -0.39 is 22.1 Å². The van der Waals surface area contributed by atoms with Gasteiger partial charge in [-0.1, -0.05) is 13.3 Å². The maximum atomic E-state index is 11.6. The zero-order valence-corrected chi connectivity index (χ0v) is 9.67. The molecule has 0 saturated heterocycles. The molecule has 0 atom stereocenters. The van der Waals surface area contributed by atoms with Crippen molar-refractivity contribution in [3.8, 4) is 0 Å². The summed E-state index contributed by atoms with van der Waals surface area (Å²) in [4.78, 5) is 10.9. The summed E-state index contributed by atoms with van der Waals surface area (Å²) in [6.45, 7) is 5.13. The van der Waals surface area contributed by atoms with Crippen molar-refractivity contribution in [3.05, 3.63) is 0 Å². The third-order valence-corrected chi connectivity index (χ3v) is 3.75. The van der Waals surface area contributed by atoms with Gasteiger partial charge in [0.2, 0.25) is 10.0 Å². The molecular formula is C8H18N2O3S. The fraction of sp³-hybridized carbons (Fsp3) is 0.875. The standard InChI is InChI=1S/C8H18N2O3S/c1-4-5-6-14(12,13)10(7(2)3)8(9)11/h7H,4-6H2,1-3H3,(H2,9,11). The molecule has 0 saturated carbocycles. The van der Waals surface area contributed by atoms with Crippen molar-refractivity contribution in [2.75, 3.05) is 5.75 Å². The average molecular weight is 222 g/mol. The molecule has 0 aliphatic heterocycles. The maximum Gasteiger partial charge on any atom is 0.328 e. The number of hydrogen-bond donors (Lipinski definition) is 1. The molecule has 2 N–H and O–H groups in total. The number of unbranched alkanes of at least 4 members (excludes halogenated alkanes) is 1. The van der Waals surface area contributed by atoms with Gasteiger partial charge in [0, 0.05) is 6.04 Å². The molecular weight excluding hydrogens is 204 g/mol. The SMILES string of the molecule is CCCCS(=O)(=O)N(C(N)=O)C(C)C. The molecule has 0 rings (SSSR count). The van der Waals surface area contributed by atoms with Crippen LogP contribution in [0.15, 0.2) is 0 Å². The van der Waals surface area contributed by atoms with Crippen molar-refractivity contribution in [2.24, 2.45) is 5.73 Å². The van der Waals surface area contributed by atoms with Crippen LogP contribution in [0.25, 0.3) is 0 Å². The van der Waals surface area contributed by atoms with E-state index in [1.165, 1.54) is 0 Å². The van der Waals surface area contributed by atoms with Gasteiger partial charge in [-0.15, -0.1) is 0 Å². The van der Waals surface area contributed by atoms with E-state index >= 15 is 0 Å². The topological polar surface area (TPSA) is 80.5 Å². The van der Waals surface area contributed by atoms with Gasteiger partial charge >= 0.3 is 6.03 Å². The summed E-state index contributed by atoms with van der Waals surface area (Å²) in [6, 6.07) is -1.33. The molecule has 0 aromatic carbocycles. The van der Waals surface area contributed by atoms with Crippen LogP contribution < -0.4 is 5.73 Å². The van der Waals surface area contributed by atoms with Crippen LogP contribution >= 0.6 is 0 Å². The van der Waals surface area contributed by atoms with Gasteiger partial charge < -0.3 is 5.73 Å². The largest absolute Gasteiger partial charge is 0.351 e. The summed E-state index contributed by atoms with van der Waals surface area (Å²) in [5, 5.41) is 0. The van der Waals surface area contributed by atoms with Crippen LogP contribution in [0.2, 0.25) is 0 Å². The Hall–Kier alpha value is -0.780. The average Bonchev–Trinajstić information content (AvgIpc) is 1.98. The van der Waals surface area contributed by atoms with E-state index in [9.17, 15) is 13.2 Å². The number of amides is 2. The Bertz CT molecular complexity index is 285. The third-order valence-electron chi connectivity index (χ3n) is 1.74. The first-order valence-corrected chi connectivity index (χ1v) is 6.25. The second-order valence-corrected chi connectivity index (χ2v) is 5.36. The zero-order chi connectivity index (χ0) is 11.4. The molecule has 0 heterocycles.